The Labute approximate surface area is 174 Å². The van der Waals surface area contributed by atoms with E-state index in [2.05, 4.69) is 10.6 Å². The molecule has 0 fully saturated rings. The van der Waals surface area contributed by atoms with Crippen molar-refractivity contribution in [2.75, 3.05) is 6.54 Å². The minimum absolute atomic E-state index is 0.0516. The molecular formula is C24H21FN2O3. The summed E-state index contributed by atoms with van der Waals surface area (Å²) >= 11 is 0. The zero-order valence-electron chi connectivity index (χ0n) is 16.3. The molecule has 2 aromatic rings. The van der Waals surface area contributed by atoms with E-state index in [-0.39, 0.29) is 11.5 Å². The van der Waals surface area contributed by atoms with E-state index < -0.39 is 11.9 Å². The van der Waals surface area contributed by atoms with Gasteiger partial charge in [0.1, 0.15) is 24.4 Å². The largest absolute Gasteiger partial charge is 0.465 e. The molecule has 1 aliphatic carbocycles. The maximum Gasteiger partial charge on any atom is 0.257 e. The lowest BCUT2D eigenvalue weighted by Crippen LogP contribution is -2.43. The molecule has 1 unspecified atom stereocenters. The van der Waals surface area contributed by atoms with Crippen molar-refractivity contribution in [2.45, 2.75) is 25.4 Å². The van der Waals surface area contributed by atoms with Gasteiger partial charge in [0.25, 0.3) is 5.91 Å². The van der Waals surface area contributed by atoms with Gasteiger partial charge in [-0.3, -0.25) is 4.79 Å². The van der Waals surface area contributed by atoms with Crippen molar-refractivity contribution in [1.82, 2.24) is 9.47 Å². The maximum atomic E-state index is 14.4. The smallest absolute Gasteiger partial charge is 0.257 e. The van der Waals surface area contributed by atoms with Crippen LogP contribution >= 0.6 is 0 Å². The van der Waals surface area contributed by atoms with E-state index in [0.29, 0.717) is 24.6 Å². The van der Waals surface area contributed by atoms with Crippen molar-refractivity contribution in [2.24, 2.45) is 0 Å². The van der Waals surface area contributed by atoms with Gasteiger partial charge in [-0.05, 0) is 42.7 Å². The van der Waals surface area contributed by atoms with Crippen molar-refractivity contribution in [3.8, 4) is 0 Å². The highest BCUT2D eigenvalue weighted by atomic mass is 19.1. The molecule has 1 amide bonds. The zero-order chi connectivity index (χ0) is 20.5. The molecule has 1 atom stereocenters. The fourth-order valence-corrected chi connectivity index (χ4v) is 4.10. The van der Waals surface area contributed by atoms with Crippen LogP contribution in [-0.2, 0) is 16.0 Å². The lowest BCUT2D eigenvalue weighted by Gasteiger charge is -2.38. The van der Waals surface area contributed by atoms with Gasteiger partial charge in [0.05, 0.1) is 5.56 Å². The number of hydrogen-bond donors (Lipinski definition) is 0. The Kier molecular flexibility index (Phi) is 4.75. The monoisotopic (exact) mass is 404 g/mol. The quantitative estimate of drug-likeness (QED) is 0.736. The zero-order valence-corrected chi connectivity index (χ0v) is 16.3. The number of halogens is 1. The molecule has 152 valence electrons. The summed E-state index contributed by atoms with van der Waals surface area (Å²) in [4.78, 5) is 15.0. The van der Waals surface area contributed by atoms with Gasteiger partial charge in [0.15, 0.2) is 11.5 Å². The summed E-state index contributed by atoms with van der Waals surface area (Å²) in [7, 11) is 0. The van der Waals surface area contributed by atoms with Gasteiger partial charge in [0, 0.05) is 25.0 Å². The van der Waals surface area contributed by atoms with Gasteiger partial charge in [-0.15, -0.1) is 0 Å². The minimum Gasteiger partial charge on any atom is -0.465 e. The molecule has 0 bridgehead atoms. The topological polar surface area (TPSA) is 43.7 Å². The third-order valence-electron chi connectivity index (χ3n) is 5.59. The molecule has 0 radical (unpaired) electrons. The maximum absolute atomic E-state index is 14.4. The number of rotatable bonds is 3. The molecule has 1 aromatic heterocycles. The molecule has 2 aliphatic heterocycles. The Morgan fingerprint density at radius 1 is 1.10 bits per heavy atom. The fraction of sp³-hybridized carbons (Fsp3) is 0.208. The first-order valence-electron chi connectivity index (χ1n) is 10.0. The van der Waals surface area contributed by atoms with Crippen LogP contribution in [0.5, 0.6) is 0 Å². The first-order valence-corrected chi connectivity index (χ1v) is 10.0. The molecule has 3 aliphatic rings. The molecule has 3 heterocycles. The van der Waals surface area contributed by atoms with Gasteiger partial charge in [0.2, 0.25) is 0 Å². The second-order valence-electron chi connectivity index (χ2n) is 7.41. The predicted molar refractivity (Wildman–Crippen MR) is 109 cm³/mol. The SMILES string of the molecule is O=C(c1ccccc1F)N1CCn2cccc2C1C1=COC=C(C2=CC=CCC2)O1. The number of hydrogen-bond acceptors (Lipinski definition) is 3. The van der Waals surface area contributed by atoms with Crippen molar-refractivity contribution >= 4 is 5.91 Å². The van der Waals surface area contributed by atoms with Crippen LogP contribution in [0.15, 0.2) is 90.4 Å². The average Bonchev–Trinajstić information content (AvgIpc) is 3.28. The summed E-state index contributed by atoms with van der Waals surface area (Å²) in [5, 5.41) is 0. The number of aromatic nitrogens is 1. The second kappa shape index (κ2) is 7.71. The van der Waals surface area contributed by atoms with Crippen molar-refractivity contribution < 1.29 is 18.7 Å². The van der Waals surface area contributed by atoms with Crippen molar-refractivity contribution in [3.05, 3.63) is 108 Å². The average molecular weight is 404 g/mol. The molecule has 0 N–H and O–H groups in total. The molecule has 0 spiro atoms. The van der Waals surface area contributed by atoms with Gasteiger partial charge in [-0.2, -0.15) is 0 Å². The van der Waals surface area contributed by atoms with E-state index in [9.17, 15) is 9.18 Å². The number of carbonyl (C=O) groups is 1. The first-order chi connectivity index (χ1) is 14.7. The standard InChI is InChI=1S/C24H21FN2O3/c25-19-10-5-4-9-18(19)24(28)27-14-13-26-12-6-11-20(26)23(27)22-16-29-15-21(30-22)17-7-2-1-3-8-17/h1-2,4-7,9-12,15-16,23H,3,8,13-14H2. The van der Waals surface area contributed by atoms with E-state index in [1.54, 1.807) is 23.3 Å². The molecule has 1 aromatic carbocycles. The van der Waals surface area contributed by atoms with Crippen LogP contribution in [0.2, 0.25) is 0 Å². The van der Waals surface area contributed by atoms with E-state index >= 15 is 0 Å². The van der Waals surface area contributed by atoms with E-state index in [1.807, 2.05) is 30.5 Å². The summed E-state index contributed by atoms with van der Waals surface area (Å²) in [6.07, 6.45) is 13.0. The summed E-state index contributed by atoms with van der Waals surface area (Å²) < 4.78 is 28.3. The van der Waals surface area contributed by atoms with Gasteiger partial charge >= 0.3 is 0 Å². The number of allylic oxidation sites excluding steroid dienone is 4. The van der Waals surface area contributed by atoms with Crippen molar-refractivity contribution in [3.63, 3.8) is 0 Å². The molecule has 0 saturated heterocycles. The van der Waals surface area contributed by atoms with Crippen LogP contribution in [-0.4, -0.2) is 21.9 Å². The molecule has 5 nitrogen and oxygen atoms in total. The third kappa shape index (κ3) is 3.24. The van der Waals surface area contributed by atoms with Gasteiger partial charge < -0.3 is 18.9 Å². The summed E-state index contributed by atoms with van der Waals surface area (Å²) in [5.74, 6) is 0.244. The Morgan fingerprint density at radius 2 is 2.00 bits per heavy atom. The Morgan fingerprint density at radius 3 is 2.83 bits per heavy atom. The number of amides is 1. The highest BCUT2D eigenvalue weighted by molar-refractivity contribution is 5.95. The Bertz CT molecular complexity index is 1110. The van der Waals surface area contributed by atoms with Crippen LogP contribution in [0.25, 0.3) is 0 Å². The normalized spacial score (nSPS) is 20.4. The summed E-state index contributed by atoms with van der Waals surface area (Å²) in [5.41, 5.74) is 2.00. The fourth-order valence-electron chi connectivity index (χ4n) is 4.10. The number of ether oxygens (including phenoxy) is 2. The van der Waals surface area contributed by atoms with Crippen LogP contribution in [0.3, 0.4) is 0 Å². The predicted octanol–water partition coefficient (Wildman–Crippen LogP) is 4.83. The highest BCUT2D eigenvalue weighted by Gasteiger charge is 2.37. The van der Waals surface area contributed by atoms with E-state index in [1.165, 1.54) is 18.4 Å². The first kappa shape index (κ1) is 18.5. The van der Waals surface area contributed by atoms with Crippen LogP contribution in [0.1, 0.15) is 34.9 Å². The highest BCUT2D eigenvalue weighted by Crippen LogP contribution is 2.38. The van der Waals surface area contributed by atoms with Crippen LogP contribution < -0.4 is 0 Å². The Hall–Kier alpha value is -3.54. The lowest BCUT2D eigenvalue weighted by molar-refractivity contribution is 0.0567. The molecular weight excluding hydrogens is 383 g/mol. The van der Waals surface area contributed by atoms with Gasteiger partial charge in [-0.25, -0.2) is 4.39 Å². The summed E-state index contributed by atoms with van der Waals surface area (Å²) in [6.45, 7) is 1.07. The summed E-state index contributed by atoms with van der Waals surface area (Å²) in [6, 6.07) is 9.45. The number of carbonyl (C=O) groups excluding carboxylic acids is 1. The van der Waals surface area contributed by atoms with E-state index in [0.717, 1.165) is 24.1 Å². The minimum atomic E-state index is -0.531. The van der Waals surface area contributed by atoms with Gasteiger partial charge in [-0.1, -0.05) is 30.4 Å². The van der Waals surface area contributed by atoms with Crippen molar-refractivity contribution in [1.29, 1.82) is 0 Å². The number of nitrogens with zero attached hydrogens (tertiary/aromatic N) is 2. The molecule has 0 saturated carbocycles. The van der Waals surface area contributed by atoms with Crippen LogP contribution in [0, 0.1) is 5.82 Å². The second-order valence-corrected chi connectivity index (χ2v) is 7.41. The number of benzene rings is 1. The van der Waals surface area contributed by atoms with E-state index in [4.69, 9.17) is 9.47 Å². The molecule has 30 heavy (non-hydrogen) atoms. The molecule has 6 heteroatoms. The third-order valence-corrected chi connectivity index (χ3v) is 5.59. The molecule has 5 rings (SSSR count). The Balaban J connectivity index is 1.50. The lowest BCUT2D eigenvalue weighted by atomic mass is 10.0. The van der Waals surface area contributed by atoms with Crippen LogP contribution in [0.4, 0.5) is 4.39 Å². The number of fused-ring (bicyclic) bond motifs is 1.